The first kappa shape index (κ1) is 22.4. The standard InChI is InChI=1S/C20H20Br2OS4Si2/c1-28(2,19-11-7-15(26-19)13-5-9-17(21)24-13)23-29(3,4)20-12-8-16(27-20)14-6-10-18(22)25-14/h5-12H,1-4H3. The molecule has 0 atom stereocenters. The lowest BCUT2D eigenvalue weighted by Crippen LogP contribution is -2.56. The number of halogens is 2. The lowest BCUT2D eigenvalue weighted by molar-refractivity contribution is 0.575. The van der Waals surface area contributed by atoms with Gasteiger partial charge in [-0.25, -0.2) is 0 Å². The maximum atomic E-state index is 6.99. The van der Waals surface area contributed by atoms with E-state index in [4.69, 9.17) is 4.12 Å². The van der Waals surface area contributed by atoms with Crippen LogP contribution in [0.2, 0.25) is 26.2 Å². The quantitative estimate of drug-likeness (QED) is 0.197. The van der Waals surface area contributed by atoms with E-state index < -0.39 is 16.6 Å². The van der Waals surface area contributed by atoms with Gasteiger partial charge in [0.2, 0.25) is 16.6 Å². The van der Waals surface area contributed by atoms with Gasteiger partial charge in [-0.05, 0) is 107 Å². The molecule has 0 spiro atoms. The summed E-state index contributed by atoms with van der Waals surface area (Å²) in [6.45, 7) is 9.36. The normalized spacial score (nSPS) is 12.6. The van der Waals surface area contributed by atoms with Crippen molar-refractivity contribution in [3.8, 4) is 19.5 Å². The van der Waals surface area contributed by atoms with Crippen LogP contribution in [-0.2, 0) is 4.12 Å². The summed E-state index contributed by atoms with van der Waals surface area (Å²) in [5.41, 5.74) is 0. The smallest absolute Gasteiger partial charge is 0.216 e. The van der Waals surface area contributed by atoms with Gasteiger partial charge in [-0.2, -0.15) is 0 Å². The van der Waals surface area contributed by atoms with E-state index in [1.54, 1.807) is 22.7 Å². The topological polar surface area (TPSA) is 9.23 Å². The van der Waals surface area contributed by atoms with Crippen LogP contribution in [0.4, 0.5) is 0 Å². The molecule has 4 rings (SSSR count). The van der Waals surface area contributed by atoms with Crippen molar-refractivity contribution >= 4 is 103 Å². The molecule has 0 unspecified atom stereocenters. The van der Waals surface area contributed by atoms with Crippen LogP contribution >= 0.6 is 77.2 Å². The molecule has 0 saturated heterocycles. The minimum Gasteiger partial charge on any atom is -0.448 e. The van der Waals surface area contributed by atoms with Crippen LogP contribution in [0.1, 0.15) is 0 Å². The van der Waals surface area contributed by atoms with Crippen LogP contribution < -0.4 is 9.00 Å². The molecular formula is C20H20Br2OS4Si2. The zero-order valence-corrected chi connectivity index (χ0v) is 24.9. The Morgan fingerprint density at radius 3 is 1.24 bits per heavy atom. The van der Waals surface area contributed by atoms with Crippen molar-refractivity contribution in [3.05, 3.63) is 56.1 Å². The fourth-order valence-corrected chi connectivity index (χ4v) is 17.9. The molecule has 0 amide bonds. The summed E-state index contributed by atoms with van der Waals surface area (Å²) in [5.74, 6) is 0. The molecule has 0 fully saturated rings. The molecule has 0 N–H and O–H groups in total. The van der Waals surface area contributed by atoms with Gasteiger partial charge in [0.05, 0.1) is 7.57 Å². The molecule has 29 heavy (non-hydrogen) atoms. The van der Waals surface area contributed by atoms with Crippen molar-refractivity contribution in [2.24, 2.45) is 0 Å². The molecule has 0 aliphatic carbocycles. The predicted octanol–water partition coefficient (Wildman–Crippen LogP) is 8.33. The maximum Gasteiger partial charge on any atom is 0.216 e. The SMILES string of the molecule is C[Si](C)(O[Si](C)(C)c1ccc(-c2ccc(Br)s2)s1)c1ccc(-c2ccc(Br)s2)s1. The number of thiophene rings is 4. The molecule has 152 valence electrons. The molecule has 0 radical (unpaired) electrons. The minimum absolute atomic E-state index is 1.18. The summed E-state index contributed by atoms with van der Waals surface area (Å²) < 4.78 is 12.2. The van der Waals surface area contributed by atoms with Crippen LogP contribution in [0.5, 0.6) is 0 Å². The summed E-state index contributed by atoms with van der Waals surface area (Å²) in [6.07, 6.45) is 0. The second-order valence-corrected chi connectivity index (χ2v) is 23.4. The van der Waals surface area contributed by atoms with Crippen LogP contribution in [0.15, 0.2) is 56.1 Å². The number of rotatable bonds is 6. The molecule has 9 heteroatoms. The lowest BCUT2D eigenvalue weighted by atomic mass is 10.4. The van der Waals surface area contributed by atoms with Gasteiger partial charge in [0.1, 0.15) is 0 Å². The van der Waals surface area contributed by atoms with Crippen molar-refractivity contribution in [2.75, 3.05) is 0 Å². The van der Waals surface area contributed by atoms with Gasteiger partial charge in [-0.15, -0.1) is 45.3 Å². The summed E-state index contributed by atoms with van der Waals surface area (Å²) in [5, 5.41) is 0. The third kappa shape index (κ3) is 4.99. The molecule has 4 aromatic rings. The molecule has 1 nitrogen and oxygen atoms in total. The van der Waals surface area contributed by atoms with E-state index in [-0.39, 0.29) is 0 Å². The zero-order valence-electron chi connectivity index (χ0n) is 16.4. The highest BCUT2D eigenvalue weighted by atomic mass is 79.9. The van der Waals surface area contributed by atoms with Gasteiger partial charge in [0.25, 0.3) is 0 Å². The summed E-state index contributed by atoms with van der Waals surface area (Å²) >= 11 is 14.5. The molecule has 0 bridgehead atoms. The highest BCUT2D eigenvalue weighted by Crippen LogP contribution is 2.36. The monoisotopic (exact) mass is 618 g/mol. The second-order valence-electron chi connectivity index (χ2n) is 7.66. The Morgan fingerprint density at radius 1 is 0.552 bits per heavy atom. The first-order valence-corrected chi connectivity index (χ1v) is 19.7. The van der Waals surface area contributed by atoms with Gasteiger partial charge >= 0.3 is 0 Å². The summed E-state index contributed by atoms with van der Waals surface area (Å²) in [7, 11) is -3.99. The molecule has 0 saturated carbocycles. The molecular weight excluding hydrogens is 600 g/mol. The number of hydrogen-bond donors (Lipinski definition) is 0. The Balaban J connectivity index is 1.55. The van der Waals surface area contributed by atoms with Crippen molar-refractivity contribution in [1.29, 1.82) is 0 Å². The van der Waals surface area contributed by atoms with Crippen molar-refractivity contribution in [2.45, 2.75) is 26.2 Å². The van der Waals surface area contributed by atoms with Crippen molar-refractivity contribution < 1.29 is 4.12 Å². The molecule has 0 aliphatic heterocycles. The van der Waals surface area contributed by atoms with E-state index in [1.165, 1.54) is 36.1 Å². The van der Waals surface area contributed by atoms with Gasteiger partial charge in [0.15, 0.2) is 0 Å². The highest BCUT2D eigenvalue weighted by Gasteiger charge is 2.38. The maximum absolute atomic E-state index is 6.99. The Hall–Kier alpha value is 0.154. The van der Waals surface area contributed by atoms with Crippen LogP contribution in [0.3, 0.4) is 0 Å². The Kier molecular flexibility index (Phi) is 6.62. The molecule has 0 aliphatic rings. The summed E-state index contributed by atoms with van der Waals surface area (Å²) in [6, 6.07) is 17.7. The Morgan fingerprint density at radius 2 is 0.897 bits per heavy atom. The Labute approximate surface area is 206 Å². The lowest BCUT2D eigenvalue weighted by Gasteiger charge is -2.32. The van der Waals surface area contributed by atoms with Crippen LogP contribution in [-0.4, -0.2) is 16.6 Å². The second kappa shape index (κ2) is 8.59. The fourth-order valence-electron chi connectivity index (χ4n) is 3.22. The molecule has 4 heterocycles. The first-order valence-electron chi connectivity index (χ1n) is 9.06. The van der Waals surface area contributed by atoms with E-state index >= 15 is 0 Å². The largest absolute Gasteiger partial charge is 0.448 e. The fraction of sp³-hybridized carbons (Fsp3) is 0.200. The van der Waals surface area contributed by atoms with Crippen LogP contribution in [0.25, 0.3) is 19.5 Å². The van der Waals surface area contributed by atoms with E-state index in [0.29, 0.717) is 0 Å². The summed E-state index contributed by atoms with van der Waals surface area (Å²) in [4.78, 5) is 5.31. The zero-order chi connectivity index (χ0) is 20.8. The third-order valence-electron chi connectivity index (χ3n) is 4.54. The van der Waals surface area contributed by atoms with E-state index in [9.17, 15) is 0 Å². The van der Waals surface area contributed by atoms with E-state index in [2.05, 4.69) is 107 Å². The third-order valence-corrected chi connectivity index (χ3v) is 20.3. The number of hydrogen-bond acceptors (Lipinski definition) is 5. The Bertz CT molecular complexity index is 1050. The predicted molar refractivity (Wildman–Crippen MR) is 146 cm³/mol. The van der Waals surface area contributed by atoms with Crippen LogP contribution in [0, 0.1) is 0 Å². The first-order chi connectivity index (χ1) is 13.6. The van der Waals surface area contributed by atoms with Crippen molar-refractivity contribution in [3.63, 3.8) is 0 Å². The van der Waals surface area contributed by atoms with Gasteiger partial charge in [0, 0.05) is 28.5 Å². The van der Waals surface area contributed by atoms with E-state index in [1.807, 2.05) is 22.7 Å². The molecule has 4 aromatic heterocycles. The van der Waals surface area contributed by atoms with Crippen molar-refractivity contribution in [1.82, 2.24) is 0 Å². The van der Waals surface area contributed by atoms with E-state index in [0.717, 1.165) is 0 Å². The average molecular weight is 621 g/mol. The average Bonchev–Trinajstić information content (AvgIpc) is 3.40. The van der Waals surface area contributed by atoms with Gasteiger partial charge in [-0.3, -0.25) is 0 Å². The van der Waals surface area contributed by atoms with Gasteiger partial charge in [-0.1, -0.05) is 0 Å². The minimum atomic E-state index is -1.99. The van der Waals surface area contributed by atoms with Gasteiger partial charge < -0.3 is 4.12 Å². The molecule has 0 aromatic carbocycles. The highest BCUT2D eigenvalue weighted by molar-refractivity contribution is 9.11.